The molecule has 1 heterocycles. The third-order valence-corrected chi connectivity index (χ3v) is 3.86. The van der Waals surface area contributed by atoms with E-state index in [1.165, 1.54) is 17.4 Å². The number of aryl methyl sites for hydroxylation is 1. The molecule has 0 saturated carbocycles. The summed E-state index contributed by atoms with van der Waals surface area (Å²) in [6, 6.07) is 10.1. The van der Waals surface area contributed by atoms with Gasteiger partial charge in [0.2, 0.25) is 0 Å². The van der Waals surface area contributed by atoms with Gasteiger partial charge in [0.05, 0.1) is 10.2 Å². The van der Waals surface area contributed by atoms with Crippen molar-refractivity contribution in [3.05, 3.63) is 47.8 Å². The fraction of sp³-hybridized carbons (Fsp3) is 0.0714. The highest BCUT2D eigenvalue weighted by atomic mass is 32.1. The second-order valence-corrected chi connectivity index (χ2v) is 5.17. The molecule has 18 heavy (non-hydrogen) atoms. The van der Waals surface area contributed by atoms with E-state index < -0.39 is 0 Å². The molecule has 1 aromatic heterocycles. The van der Waals surface area contributed by atoms with Crippen molar-refractivity contribution >= 4 is 21.6 Å². The zero-order valence-electron chi connectivity index (χ0n) is 9.64. The van der Waals surface area contributed by atoms with Gasteiger partial charge in [-0.3, -0.25) is 0 Å². The van der Waals surface area contributed by atoms with E-state index in [-0.39, 0.29) is 11.6 Å². The number of phenolic OH excluding ortho intramolecular Hbond substituents is 1. The molecule has 0 aliphatic carbocycles. The summed E-state index contributed by atoms with van der Waals surface area (Å²) in [5.41, 5.74) is 2.20. The Balaban J connectivity index is 2.16. The summed E-state index contributed by atoms with van der Waals surface area (Å²) in [4.78, 5) is 4.44. The Labute approximate surface area is 107 Å². The highest BCUT2D eigenvalue weighted by Crippen LogP contribution is 2.32. The van der Waals surface area contributed by atoms with E-state index in [1.54, 1.807) is 31.2 Å². The molecular formula is C14H10FNOS. The highest BCUT2D eigenvalue weighted by Gasteiger charge is 2.08. The molecule has 0 radical (unpaired) electrons. The Bertz CT molecular complexity index is 736. The van der Waals surface area contributed by atoms with Crippen molar-refractivity contribution in [2.75, 3.05) is 0 Å². The Kier molecular flexibility index (Phi) is 2.52. The van der Waals surface area contributed by atoms with Crippen molar-refractivity contribution in [3.8, 4) is 16.3 Å². The van der Waals surface area contributed by atoms with E-state index in [1.807, 2.05) is 6.07 Å². The zero-order chi connectivity index (χ0) is 12.7. The van der Waals surface area contributed by atoms with Crippen LogP contribution in [0.5, 0.6) is 5.75 Å². The van der Waals surface area contributed by atoms with Crippen LogP contribution in [0.15, 0.2) is 36.4 Å². The smallest absolute Gasteiger partial charge is 0.126 e. The first kappa shape index (κ1) is 11.2. The van der Waals surface area contributed by atoms with Gasteiger partial charge in [0.1, 0.15) is 16.6 Å². The van der Waals surface area contributed by atoms with Crippen molar-refractivity contribution < 1.29 is 9.50 Å². The Hall–Kier alpha value is -1.94. The number of fused-ring (bicyclic) bond motifs is 1. The third kappa shape index (κ3) is 1.84. The van der Waals surface area contributed by atoms with Gasteiger partial charge < -0.3 is 5.11 Å². The van der Waals surface area contributed by atoms with Crippen molar-refractivity contribution in [2.24, 2.45) is 0 Å². The molecule has 3 rings (SSSR count). The zero-order valence-corrected chi connectivity index (χ0v) is 10.5. The molecule has 0 spiro atoms. The topological polar surface area (TPSA) is 33.1 Å². The fourth-order valence-corrected chi connectivity index (χ4v) is 2.76. The Morgan fingerprint density at radius 2 is 2.00 bits per heavy atom. The van der Waals surface area contributed by atoms with Gasteiger partial charge >= 0.3 is 0 Å². The normalized spacial score (nSPS) is 11.0. The van der Waals surface area contributed by atoms with Crippen LogP contribution in [0.25, 0.3) is 20.8 Å². The lowest BCUT2D eigenvalue weighted by Gasteiger charge is -1.98. The lowest BCUT2D eigenvalue weighted by molar-refractivity contribution is 0.476. The maximum atomic E-state index is 13.5. The van der Waals surface area contributed by atoms with Gasteiger partial charge in [0, 0.05) is 5.56 Å². The molecule has 0 atom stereocenters. The highest BCUT2D eigenvalue weighted by molar-refractivity contribution is 7.21. The number of nitrogens with zero attached hydrogens (tertiary/aromatic N) is 1. The predicted octanol–water partition coefficient (Wildman–Crippen LogP) is 4.12. The average Bonchev–Trinajstić information content (AvgIpc) is 2.75. The van der Waals surface area contributed by atoms with E-state index in [4.69, 9.17) is 0 Å². The summed E-state index contributed by atoms with van der Waals surface area (Å²) in [5.74, 6) is -0.0117. The number of benzene rings is 2. The second kappa shape index (κ2) is 4.07. The molecule has 0 amide bonds. The van der Waals surface area contributed by atoms with E-state index in [0.717, 1.165) is 20.8 Å². The van der Waals surface area contributed by atoms with Gasteiger partial charge in [-0.05, 0) is 36.8 Å². The molecule has 0 aliphatic rings. The number of aromatic hydroxyl groups is 1. The van der Waals surface area contributed by atoms with Crippen LogP contribution in [0.4, 0.5) is 4.39 Å². The number of hydrogen-bond acceptors (Lipinski definition) is 3. The molecule has 4 heteroatoms. The van der Waals surface area contributed by atoms with E-state index in [9.17, 15) is 9.50 Å². The average molecular weight is 259 g/mol. The largest absolute Gasteiger partial charge is 0.508 e. The van der Waals surface area contributed by atoms with Crippen molar-refractivity contribution in [1.29, 1.82) is 0 Å². The molecule has 0 unspecified atom stereocenters. The monoisotopic (exact) mass is 259 g/mol. The molecule has 0 aliphatic heterocycles. The van der Waals surface area contributed by atoms with E-state index >= 15 is 0 Å². The first-order valence-corrected chi connectivity index (χ1v) is 6.31. The summed E-state index contributed by atoms with van der Waals surface area (Å²) in [5, 5.41) is 10.2. The van der Waals surface area contributed by atoms with E-state index in [2.05, 4.69) is 4.98 Å². The van der Waals surface area contributed by atoms with Crippen molar-refractivity contribution in [1.82, 2.24) is 4.98 Å². The summed E-state index contributed by atoms with van der Waals surface area (Å²) in [6.07, 6.45) is 0. The molecular weight excluding hydrogens is 249 g/mol. The lowest BCUT2D eigenvalue weighted by Crippen LogP contribution is -1.83. The van der Waals surface area contributed by atoms with Gasteiger partial charge in [0.15, 0.2) is 0 Å². The van der Waals surface area contributed by atoms with Crippen LogP contribution in [0.2, 0.25) is 0 Å². The standard InChI is InChI=1S/C14H10FNOS/c1-8-2-3-9(6-11(8)15)14-16-12-5-4-10(17)7-13(12)18-14/h2-7,17H,1H3. The number of halogens is 1. The molecule has 1 N–H and O–H groups in total. The molecule has 0 fully saturated rings. The van der Waals surface area contributed by atoms with E-state index in [0.29, 0.717) is 5.56 Å². The second-order valence-electron chi connectivity index (χ2n) is 4.14. The van der Waals surface area contributed by atoms with Gasteiger partial charge in [-0.15, -0.1) is 11.3 Å². The molecule has 0 bridgehead atoms. The van der Waals surface area contributed by atoms with Crippen LogP contribution in [-0.2, 0) is 0 Å². The lowest BCUT2D eigenvalue weighted by atomic mass is 10.1. The maximum absolute atomic E-state index is 13.5. The minimum atomic E-state index is -0.227. The molecule has 2 nitrogen and oxygen atoms in total. The summed E-state index contributed by atoms with van der Waals surface area (Å²) < 4.78 is 14.4. The summed E-state index contributed by atoms with van der Waals surface area (Å²) in [6.45, 7) is 1.73. The van der Waals surface area contributed by atoms with Crippen LogP contribution in [0.1, 0.15) is 5.56 Å². The van der Waals surface area contributed by atoms with Crippen LogP contribution in [-0.4, -0.2) is 10.1 Å². The number of hydrogen-bond donors (Lipinski definition) is 1. The van der Waals surface area contributed by atoms with Gasteiger partial charge in [-0.2, -0.15) is 0 Å². The molecule has 0 saturated heterocycles. The summed E-state index contributed by atoms with van der Waals surface area (Å²) in [7, 11) is 0. The van der Waals surface area contributed by atoms with Gasteiger partial charge in [-0.1, -0.05) is 12.1 Å². The first-order valence-electron chi connectivity index (χ1n) is 5.49. The maximum Gasteiger partial charge on any atom is 0.126 e. The number of thiazole rings is 1. The number of phenols is 1. The van der Waals surface area contributed by atoms with Crippen molar-refractivity contribution in [2.45, 2.75) is 6.92 Å². The number of aromatic nitrogens is 1. The Morgan fingerprint density at radius 1 is 1.17 bits per heavy atom. The van der Waals surface area contributed by atoms with Gasteiger partial charge in [0.25, 0.3) is 0 Å². The summed E-state index contributed by atoms with van der Waals surface area (Å²) >= 11 is 1.44. The predicted molar refractivity (Wildman–Crippen MR) is 71.4 cm³/mol. The van der Waals surface area contributed by atoms with Crippen molar-refractivity contribution in [3.63, 3.8) is 0 Å². The minimum absolute atomic E-state index is 0.216. The van der Waals surface area contributed by atoms with Crippen LogP contribution in [0, 0.1) is 12.7 Å². The molecule has 90 valence electrons. The van der Waals surface area contributed by atoms with Crippen LogP contribution < -0.4 is 0 Å². The molecule has 2 aromatic carbocycles. The van der Waals surface area contributed by atoms with Gasteiger partial charge in [-0.25, -0.2) is 9.37 Å². The first-order chi connectivity index (χ1) is 8.63. The third-order valence-electron chi connectivity index (χ3n) is 2.79. The Morgan fingerprint density at radius 3 is 2.78 bits per heavy atom. The van der Waals surface area contributed by atoms with Crippen LogP contribution >= 0.6 is 11.3 Å². The minimum Gasteiger partial charge on any atom is -0.508 e. The van der Waals surface area contributed by atoms with Crippen LogP contribution in [0.3, 0.4) is 0 Å². The number of rotatable bonds is 1. The quantitative estimate of drug-likeness (QED) is 0.713. The SMILES string of the molecule is Cc1ccc(-c2nc3ccc(O)cc3s2)cc1F. The molecule has 3 aromatic rings. The fourth-order valence-electron chi connectivity index (χ4n) is 1.76.